The van der Waals surface area contributed by atoms with Crippen molar-refractivity contribution in [2.24, 2.45) is 5.41 Å². The quantitative estimate of drug-likeness (QED) is 0.170. The number of hydrogen-bond donors (Lipinski definition) is 0. The van der Waals surface area contributed by atoms with Gasteiger partial charge in [-0.15, -0.1) is 13.2 Å². The topological polar surface area (TPSA) is 63.2 Å². The van der Waals surface area contributed by atoms with E-state index in [2.05, 4.69) is 11.7 Å². The van der Waals surface area contributed by atoms with Gasteiger partial charge in [-0.3, -0.25) is 0 Å². The molecule has 2 aromatic rings. The highest BCUT2D eigenvalue weighted by Crippen LogP contribution is 2.31. The molecule has 0 aliphatic carbocycles. The molecule has 6 nitrogen and oxygen atoms in total. The van der Waals surface area contributed by atoms with Crippen LogP contribution in [0.15, 0.2) is 42.5 Å². The zero-order valence-electron chi connectivity index (χ0n) is 18.7. The smallest absolute Gasteiger partial charge is 0.494 e. The van der Waals surface area contributed by atoms with Crippen molar-refractivity contribution in [2.45, 2.75) is 32.5 Å². The summed E-state index contributed by atoms with van der Waals surface area (Å²) in [4.78, 5) is 12.2. The minimum absolute atomic E-state index is 0.168. The number of unbranched alkanes of at least 4 members (excludes halogenated alkanes) is 1. The molecule has 0 aromatic heterocycles. The lowest BCUT2D eigenvalue weighted by molar-refractivity contribution is -0.275. The minimum Gasteiger partial charge on any atom is -0.494 e. The molecule has 0 radical (unpaired) electrons. The SMILES string of the molecule is CCC1(COCCCCOc2ccc(C(=O)Oc3ccc(OC(F)(F)F)c(F)c3)cc2)COC1. The van der Waals surface area contributed by atoms with E-state index in [0.29, 0.717) is 31.6 Å². The summed E-state index contributed by atoms with van der Waals surface area (Å²) < 4.78 is 75.6. The van der Waals surface area contributed by atoms with Gasteiger partial charge in [0, 0.05) is 18.1 Å². The first-order valence-electron chi connectivity index (χ1n) is 10.9. The van der Waals surface area contributed by atoms with E-state index in [0.717, 1.165) is 44.6 Å². The monoisotopic (exact) mass is 486 g/mol. The van der Waals surface area contributed by atoms with Crippen LogP contribution < -0.4 is 14.2 Å². The summed E-state index contributed by atoms with van der Waals surface area (Å²) in [5.74, 6) is -2.81. The fraction of sp³-hybridized carbons (Fsp3) is 0.458. The number of halogens is 4. The summed E-state index contributed by atoms with van der Waals surface area (Å²) >= 11 is 0. The molecule has 0 unspecified atom stereocenters. The molecule has 34 heavy (non-hydrogen) atoms. The lowest BCUT2D eigenvalue weighted by atomic mass is 9.84. The molecule has 1 aliphatic heterocycles. The molecule has 0 amide bonds. The third-order valence-electron chi connectivity index (χ3n) is 5.36. The molecule has 10 heteroatoms. The van der Waals surface area contributed by atoms with E-state index in [1.54, 1.807) is 12.1 Å². The number of ether oxygens (including phenoxy) is 5. The molecule has 186 valence electrons. The van der Waals surface area contributed by atoms with Gasteiger partial charge in [0.05, 0.1) is 32.0 Å². The second-order valence-corrected chi connectivity index (χ2v) is 8.01. The molecule has 0 spiro atoms. The number of rotatable bonds is 12. The Morgan fingerprint density at radius 1 is 1.03 bits per heavy atom. The molecular formula is C24H26F4O6. The van der Waals surface area contributed by atoms with Crippen molar-refractivity contribution >= 4 is 5.97 Å². The predicted octanol–water partition coefficient (Wildman–Crippen LogP) is 5.55. The van der Waals surface area contributed by atoms with E-state index in [1.807, 2.05) is 0 Å². The van der Waals surface area contributed by atoms with E-state index < -0.39 is 23.9 Å². The molecule has 1 heterocycles. The lowest BCUT2D eigenvalue weighted by Crippen LogP contribution is -2.45. The third kappa shape index (κ3) is 7.59. The standard InChI is InChI=1S/C24H26F4O6/c1-2-23(15-31-16-23)14-30-11-3-4-12-32-18-7-5-17(6-8-18)22(29)33-19-9-10-21(20(25)13-19)34-24(26,27)28/h5-10,13H,2-4,11-12,14-16H2,1H3. The van der Waals surface area contributed by atoms with Gasteiger partial charge in [-0.1, -0.05) is 6.92 Å². The van der Waals surface area contributed by atoms with Crippen molar-refractivity contribution in [1.82, 2.24) is 0 Å². The van der Waals surface area contributed by atoms with Gasteiger partial charge >= 0.3 is 12.3 Å². The van der Waals surface area contributed by atoms with Gasteiger partial charge in [0.25, 0.3) is 0 Å². The predicted molar refractivity (Wildman–Crippen MR) is 114 cm³/mol. The summed E-state index contributed by atoms with van der Waals surface area (Å²) in [5.41, 5.74) is 0.347. The highest BCUT2D eigenvalue weighted by Gasteiger charge is 2.36. The van der Waals surface area contributed by atoms with Crippen LogP contribution in [-0.2, 0) is 9.47 Å². The summed E-state index contributed by atoms with van der Waals surface area (Å²) in [5, 5.41) is 0. The van der Waals surface area contributed by atoms with E-state index in [1.165, 1.54) is 12.1 Å². The summed E-state index contributed by atoms with van der Waals surface area (Å²) in [6, 6.07) is 8.52. The maximum absolute atomic E-state index is 13.7. The fourth-order valence-corrected chi connectivity index (χ4v) is 3.17. The second-order valence-electron chi connectivity index (χ2n) is 8.01. The molecule has 1 saturated heterocycles. The van der Waals surface area contributed by atoms with Crippen LogP contribution in [0, 0.1) is 11.2 Å². The fourth-order valence-electron chi connectivity index (χ4n) is 3.17. The Kier molecular flexibility index (Phi) is 8.73. The maximum atomic E-state index is 13.7. The molecular weight excluding hydrogens is 460 g/mol. The van der Waals surface area contributed by atoms with Gasteiger partial charge in [0.2, 0.25) is 0 Å². The number of esters is 1. The Morgan fingerprint density at radius 2 is 1.71 bits per heavy atom. The van der Waals surface area contributed by atoms with Crippen LogP contribution in [0.5, 0.6) is 17.2 Å². The van der Waals surface area contributed by atoms with Gasteiger partial charge in [-0.25, -0.2) is 9.18 Å². The van der Waals surface area contributed by atoms with E-state index in [4.69, 9.17) is 18.9 Å². The number of carbonyl (C=O) groups excluding carboxylic acids is 1. The second kappa shape index (κ2) is 11.5. The maximum Gasteiger partial charge on any atom is 0.573 e. The zero-order chi connectivity index (χ0) is 24.6. The van der Waals surface area contributed by atoms with Crippen LogP contribution in [0.2, 0.25) is 0 Å². The van der Waals surface area contributed by atoms with Gasteiger partial charge in [-0.05, 0) is 55.7 Å². The van der Waals surface area contributed by atoms with Crippen molar-refractivity contribution in [3.8, 4) is 17.2 Å². The molecule has 0 bridgehead atoms. The Bertz CT molecular complexity index is 936. The lowest BCUT2D eigenvalue weighted by Gasteiger charge is -2.40. The van der Waals surface area contributed by atoms with Crippen molar-refractivity contribution in [3.05, 3.63) is 53.8 Å². The highest BCUT2D eigenvalue weighted by atomic mass is 19.4. The number of hydrogen-bond acceptors (Lipinski definition) is 6. The summed E-state index contributed by atoms with van der Waals surface area (Å²) in [7, 11) is 0. The summed E-state index contributed by atoms with van der Waals surface area (Å²) in [6.45, 7) is 5.51. The molecule has 3 rings (SSSR count). The molecule has 1 aliphatic rings. The average molecular weight is 486 g/mol. The zero-order valence-corrected chi connectivity index (χ0v) is 18.7. The van der Waals surface area contributed by atoms with Gasteiger partial charge in [-0.2, -0.15) is 0 Å². The van der Waals surface area contributed by atoms with Crippen molar-refractivity contribution in [1.29, 1.82) is 0 Å². The van der Waals surface area contributed by atoms with Crippen molar-refractivity contribution in [3.63, 3.8) is 0 Å². The van der Waals surface area contributed by atoms with Gasteiger partial charge < -0.3 is 23.7 Å². The molecule has 2 aromatic carbocycles. The molecule has 0 N–H and O–H groups in total. The van der Waals surface area contributed by atoms with E-state index in [9.17, 15) is 22.4 Å². The Hall–Kier alpha value is -2.85. The van der Waals surface area contributed by atoms with Gasteiger partial charge in [0.1, 0.15) is 11.5 Å². The number of benzene rings is 2. The van der Waals surface area contributed by atoms with Crippen LogP contribution in [0.25, 0.3) is 0 Å². The van der Waals surface area contributed by atoms with Crippen LogP contribution in [0.3, 0.4) is 0 Å². The van der Waals surface area contributed by atoms with Crippen molar-refractivity contribution in [2.75, 3.05) is 33.0 Å². The minimum atomic E-state index is -5.03. The molecule has 1 fully saturated rings. The number of carbonyl (C=O) groups is 1. The summed E-state index contributed by atoms with van der Waals surface area (Å²) in [6.07, 6.45) is -2.33. The van der Waals surface area contributed by atoms with Crippen molar-refractivity contribution < 1.29 is 46.0 Å². The van der Waals surface area contributed by atoms with E-state index >= 15 is 0 Å². The first-order valence-corrected chi connectivity index (χ1v) is 10.9. The Labute approximate surface area is 194 Å². The van der Waals surface area contributed by atoms with Gasteiger partial charge in [0.15, 0.2) is 11.6 Å². The molecule has 0 saturated carbocycles. The van der Waals surface area contributed by atoms with Crippen LogP contribution >= 0.6 is 0 Å². The Morgan fingerprint density at radius 3 is 2.29 bits per heavy atom. The highest BCUT2D eigenvalue weighted by molar-refractivity contribution is 5.91. The van der Waals surface area contributed by atoms with Crippen LogP contribution in [0.1, 0.15) is 36.5 Å². The van der Waals surface area contributed by atoms with Crippen LogP contribution in [-0.4, -0.2) is 45.4 Å². The average Bonchev–Trinajstić information content (AvgIpc) is 2.76. The first-order chi connectivity index (χ1) is 16.2. The largest absolute Gasteiger partial charge is 0.573 e. The third-order valence-corrected chi connectivity index (χ3v) is 5.36. The normalized spacial score (nSPS) is 14.9. The number of alkyl halides is 3. The Balaban J connectivity index is 1.37. The van der Waals surface area contributed by atoms with Crippen LogP contribution in [0.4, 0.5) is 17.6 Å². The molecule has 0 atom stereocenters. The van der Waals surface area contributed by atoms with E-state index in [-0.39, 0.29) is 16.7 Å². The first kappa shape index (κ1) is 25.8.